The van der Waals surface area contributed by atoms with Crippen molar-refractivity contribution in [2.24, 2.45) is 7.05 Å². The summed E-state index contributed by atoms with van der Waals surface area (Å²) in [5.41, 5.74) is 4.34. The van der Waals surface area contributed by atoms with Gasteiger partial charge in [-0.3, -0.25) is 14.4 Å². The normalized spacial score (nSPS) is 18.8. The molecule has 2 aliphatic heterocycles. The largest absolute Gasteiger partial charge is 0.335 e. The van der Waals surface area contributed by atoms with Crippen LogP contribution in [0.5, 0.6) is 0 Å². The van der Waals surface area contributed by atoms with Crippen molar-refractivity contribution in [3.8, 4) is 0 Å². The van der Waals surface area contributed by atoms with Crippen LogP contribution in [0.15, 0.2) is 30.3 Å². The molecule has 0 spiro atoms. The highest BCUT2D eigenvalue weighted by Crippen LogP contribution is 2.24. The zero-order valence-electron chi connectivity index (χ0n) is 15.7. The molecule has 1 aromatic carbocycles. The zero-order chi connectivity index (χ0) is 18.1. The first kappa shape index (κ1) is 17.2. The van der Waals surface area contributed by atoms with Crippen molar-refractivity contribution in [3.05, 3.63) is 52.8 Å². The molecule has 0 aliphatic carbocycles. The van der Waals surface area contributed by atoms with Gasteiger partial charge in [-0.2, -0.15) is 5.10 Å². The second-order valence-electron chi connectivity index (χ2n) is 7.44. The van der Waals surface area contributed by atoms with Gasteiger partial charge < -0.3 is 9.80 Å². The van der Waals surface area contributed by atoms with Crippen LogP contribution in [-0.4, -0.2) is 70.2 Å². The van der Waals surface area contributed by atoms with E-state index in [0.29, 0.717) is 5.69 Å². The molecule has 138 valence electrons. The minimum Gasteiger partial charge on any atom is -0.335 e. The van der Waals surface area contributed by atoms with Crippen LogP contribution < -0.4 is 0 Å². The lowest BCUT2D eigenvalue weighted by Crippen LogP contribution is -2.47. The first-order chi connectivity index (χ1) is 12.6. The van der Waals surface area contributed by atoms with E-state index in [2.05, 4.69) is 52.3 Å². The van der Waals surface area contributed by atoms with Gasteiger partial charge in [0.2, 0.25) is 0 Å². The van der Waals surface area contributed by atoms with Crippen molar-refractivity contribution in [3.63, 3.8) is 0 Å². The third-order valence-electron chi connectivity index (χ3n) is 5.57. The Bertz CT molecular complexity index is 777. The fourth-order valence-corrected chi connectivity index (χ4v) is 3.93. The summed E-state index contributed by atoms with van der Waals surface area (Å²) in [6.07, 6.45) is 0.894. The van der Waals surface area contributed by atoms with E-state index < -0.39 is 0 Å². The highest BCUT2D eigenvalue weighted by molar-refractivity contribution is 5.94. The van der Waals surface area contributed by atoms with Crippen LogP contribution in [-0.2, 0) is 26.6 Å². The molecule has 0 unspecified atom stereocenters. The Kier molecular flexibility index (Phi) is 4.78. The standard InChI is InChI=1S/C20H27N5O/c1-22-10-12-25(13-11-22)20(26)19-17-8-9-24(15-18(17)23(2)21-19)14-16-6-4-3-5-7-16/h3-7H,8-15H2,1-2H3. The van der Waals surface area contributed by atoms with Crippen LogP contribution in [0.2, 0.25) is 0 Å². The Labute approximate surface area is 155 Å². The fourth-order valence-electron chi connectivity index (χ4n) is 3.93. The van der Waals surface area contributed by atoms with Gasteiger partial charge in [0.05, 0.1) is 5.69 Å². The number of rotatable bonds is 3. The van der Waals surface area contributed by atoms with E-state index >= 15 is 0 Å². The molecule has 0 bridgehead atoms. The van der Waals surface area contributed by atoms with Gasteiger partial charge in [-0.15, -0.1) is 0 Å². The van der Waals surface area contributed by atoms with Crippen LogP contribution in [0.25, 0.3) is 0 Å². The van der Waals surface area contributed by atoms with E-state index in [-0.39, 0.29) is 5.91 Å². The van der Waals surface area contributed by atoms with Gasteiger partial charge in [0.15, 0.2) is 5.69 Å². The summed E-state index contributed by atoms with van der Waals surface area (Å²) in [5.74, 6) is 0.103. The van der Waals surface area contributed by atoms with Crippen LogP contribution in [0.1, 0.15) is 27.3 Å². The number of aromatic nitrogens is 2. The van der Waals surface area contributed by atoms with Gasteiger partial charge >= 0.3 is 0 Å². The summed E-state index contributed by atoms with van der Waals surface area (Å²) >= 11 is 0. The molecule has 26 heavy (non-hydrogen) atoms. The van der Waals surface area contributed by atoms with Gasteiger partial charge in [-0.1, -0.05) is 30.3 Å². The predicted molar refractivity (Wildman–Crippen MR) is 101 cm³/mol. The topological polar surface area (TPSA) is 44.6 Å². The molecule has 1 fully saturated rings. The monoisotopic (exact) mass is 353 g/mol. The van der Waals surface area contributed by atoms with Crippen LogP contribution >= 0.6 is 0 Å². The minimum absolute atomic E-state index is 0.103. The molecule has 4 rings (SSSR count). The zero-order valence-corrected chi connectivity index (χ0v) is 15.7. The first-order valence-corrected chi connectivity index (χ1v) is 9.40. The molecule has 1 amide bonds. The second kappa shape index (κ2) is 7.21. The van der Waals surface area contributed by atoms with E-state index in [1.807, 2.05) is 16.6 Å². The van der Waals surface area contributed by atoms with E-state index in [1.54, 1.807) is 0 Å². The van der Waals surface area contributed by atoms with Crippen molar-refractivity contribution >= 4 is 5.91 Å². The number of hydrogen-bond acceptors (Lipinski definition) is 4. The number of fused-ring (bicyclic) bond motifs is 1. The smallest absolute Gasteiger partial charge is 0.274 e. The van der Waals surface area contributed by atoms with Crippen molar-refractivity contribution in [2.75, 3.05) is 39.8 Å². The number of nitrogens with zero attached hydrogens (tertiary/aromatic N) is 5. The molecule has 0 N–H and O–H groups in total. The lowest BCUT2D eigenvalue weighted by atomic mass is 10.0. The molecule has 1 aromatic heterocycles. The van der Waals surface area contributed by atoms with Crippen LogP contribution in [0.3, 0.4) is 0 Å². The average Bonchev–Trinajstić information content (AvgIpc) is 2.99. The molecule has 0 radical (unpaired) electrons. The third kappa shape index (κ3) is 3.39. The lowest BCUT2D eigenvalue weighted by molar-refractivity contribution is 0.0656. The molecule has 3 heterocycles. The summed E-state index contributed by atoms with van der Waals surface area (Å²) in [6.45, 7) is 6.21. The van der Waals surface area contributed by atoms with Gasteiger partial charge in [0, 0.05) is 58.4 Å². The fraction of sp³-hybridized carbons (Fsp3) is 0.500. The van der Waals surface area contributed by atoms with Crippen LogP contribution in [0, 0.1) is 0 Å². The molecule has 1 saturated heterocycles. The molecule has 0 atom stereocenters. The number of carbonyl (C=O) groups excluding carboxylic acids is 1. The van der Waals surface area contributed by atoms with E-state index in [0.717, 1.165) is 57.8 Å². The number of piperazine rings is 1. The lowest BCUT2D eigenvalue weighted by Gasteiger charge is -2.32. The summed E-state index contributed by atoms with van der Waals surface area (Å²) in [4.78, 5) is 19.6. The van der Waals surface area contributed by atoms with Gasteiger partial charge in [-0.25, -0.2) is 0 Å². The van der Waals surface area contributed by atoms with Crippen molar-refractivity contribution in [1.82, 2.24) is 24.5 Å². The third-order valence-corrected chi connectivity index (χ3v) is 5.57. The molecule has 6 heteroatoms. The summed E-state index contributed by atoms with van der Waals surface area (Å²) in [6, 6.07) is 10.6. The maximum Gasteiger partial charge on any atom is 0.274 e. The van der Waals surface area contributed by atoms with E-state index in [9.17, 15) is 4.79 Å². The van der Waals surface area contributed by atoms with E-state index in [1.165, 1.54) is 11.3 Å². The number of benzene rings is 1. The van der Waals surface area contributed by atoms with Gasteiger partial charge in [0.1, 0.15) is 0 Å². The number of aryl methyl sites for hydroxylation is 1. The maximum absolute atomic E-state index is 13.0. The van der Waals surface area contributed by atoms with Crippen molar-refractivity contribution in [2.45, 2.75) is 19.5 Å². The Hall–Kier alpha value is -2.18. The summed E-state index contributed by atoms with van der Waals surface area (Å²) in [7, 11) is 4.07. The summed E-state index contributed by atoms with van der Waals surface area (Å²) < 4.78 is 1.91. The molecular weight excluding hydrogens is 326 g/mol. The van der Waals surface area contributed by atoms with Crippen molar-refractivity contribution < 1.29 is 4.79 Å². The highest BCUT2D eigenvalue weighted by atomic mass is 16.2. The molecule has 2 aliphatic rings. The average molecular weight is 353 g/mol. The van der Waals surface area contributed by atoms with E-state index in [4.69, 9.17) is 0 Å². The van der Waals surface area contributed by atoms with Gasteiger partial charge in [0.25, 0.3) is 5.91 Å². The first-order valence-electron chi connectivity index (χ1n) is 9.40. The Balaban J connectivity index is 1.49. The summed E-state index contributed by atoms with van der Waals surface area (Å²) in [5, 5.41) is 4.61. The second-order valence-corrected chi connectivity index (χ2v) is 7.44. The maximum atomic E-state index is 13.0. The molecular formula is C20H27N5O. The Morgan fingerprint density at radius 1 is 1.04 bits per heavy atom. The quantitative estimate of drug-likeness (QED) is 0.836. The molecule has 2 aromatic rings. The van der Waals surface area contributed by atoms with Crippen LogP contribution in [0.4, 0.5) is 0 Å². The Morgan fingerprint density at radius 2 is 1.77 bits per heavy atom. The number of amides is 1. The number of carbonyl (C=O) groups is 1. The molecule has 0 saturated carbocycles. The highest BCUT2D eigenvalue weighted by Gasteiger charge is 2.30. The SMILES string of the molecule is CN1CCN(C(=O)c2nn(C)c3c2CCN(Cc2ccccc2)C3)CC1. The molecule has 6 nitrogen and oxygen atoms in total. The number of hydrogen-bond donors (Lipinski definition) is 0. The van der Waals surface area contributed by atoms with Gasteiger partial charge in [-0.05, 0) is 19.0 Å². The predicted octanol–water partition coefficient (Wildman–Crippen LogP) is 1.37. The van der Waals surface area contributed by atoms with Crippen molar-refractivity contribution in [1.29, 1.82) is 0 Å². The number of likely N-dealkylation sites (N-methyl/N-ethyl adjacent to an activating group) is 1. The minimum atomic E-state index is 0.103. The Morgan fingerprint density at radius 3 is 2.50 bits per heavy atom.